The van der Waals surface area contributed by atoms with E-state index < -0.39 is 24.4 Å². The first-order valence-electron chi connectivity index (χ1n) is 7.51. The third kappa shape index (κ3) is 5.75. The lowest BCUT2D eigenvalue weighted by molar-refractivity contribution is -0.145. The van der Waals surface area contributed by atoms with Crippen LogP contribution in [0.5, 0.6) is 0 Å². The zero-order chi connectivity index (χ0) is 18.2. The van der Waals surface area contributed by atoms with Gasteiger partial charge in [0.2, 0.25) is 0 Å². The summed E-state index contributed by atoms with van der Waals surface area (Å²) in [5.74, 6) is -0.359. The summed E-state index contributed by atoms with van der Waals surface area (Å²) in [4.78, 5) is 35.1. The van der Waals surface area contributed by atoms with E-state index in [-0.39, 0.29) is 5.75 Å². The zero-order valence-corrected chi connectivity index (χ0v) is 14.7. The van der Waals surface area contributed by atoms with Gasteiger partial charge in [0, 0.05) is 16.9 Å². The minimum atomic E-state index is -0.669. The zero-order valence-electron chi connectivity index (χ0n) is 13.9. The Morgan fingerprint density at radius 3 is 2.56 bits per heavy atom. The average Bonchev–Trinajstić information content (AvgIpc) is 2.92. The number of aryl methyl sites for hydroxylation is 2. The Kier molecular flexibility index (Phi) is 6.76. The summed E-state index contributed by atoms with van der Waals surface area (Å²) in [6.07, 6.45) is 0. The molecule has 0 atom stereocenters. The Morgan fingerprint density at radius 2 is 1.92 bits per heavy atom. The number of esters is 1. The number of amides is 2. The Bertz CT molecular complexity index is 738. The van der Waals surface area contributed by atoms with Crippen LogP contribution >= 0.6 is 11.8 Å². The van der Waals surface area contributed by atoms with Crippen LogP contribution in [0.15, 0.2) is 34.9 Å². The number of hydrogen-bond acceptors (Lipinski definition) is 7. The van der Waals surface area contributed by atoms with E-state index in [0.717, 1.165) is 17.0 Å². The fourth-order valence-corrected chi connectivity index (χ4v) is 2.92. The topological polar surface area (TPSA) is 98.5 Å². The van der Waals surface area contributed by atoms with E-state index in [1.807, 2.05) is 13.8 Å². The SMILES string of the molecule is Cc1noc(C)c1CSCC(=O)OCC(=O)NC(=O)c1ccccc1. The molecule has 0 radical (unpaired) electrons. The molecule has 0 aliphatic heterocycles. The number of carbonyl (C=O) groups excluding carboxylic acids is 3. The molecule has 0 fully saturated rings. The van der Waals surface area contributed by atoms with Gasteiger partial charge in [-0.15, -0.1) is 11.8 Å². The van der Waals surface area contributed by atoms with Gasteiger partial charge in [0.15, 0.2) is 6.61 Å². The van der Waals surface area contributed by atoms with Gasteiger partial charge in [0.25, 0.3) is 11.8 Å². The number of hydrogen-bond donors (Lipinski definition) is 1. The van der Waals surface area contributed by atoms with Crippen LogP contribution in [0.2, 0.25) is 0 Å². The summed E-state index contributed by atoms with van der Waals surface area (Å²) in [6, 6.07) is 8.31. The highest BCUT2D eigenvalue weighted by Gasteiger charge is 2.13. The summed E-state index contributed by atoms with van der Waals surface area (Å²) < 4.78 is 9.90. The molecule has 2 aromatic rings. The van der Waals surface area contributed by atoms with Crippen LogP contribution in [-0.4, -0.2) is 35.3 Å². The number of aromatic nitrogens is 1. The Morgan fingerprint density at radius 1 is 1.20 bits per heavy atom. The normalized spacial score (nSPS) is 10.3. The van der Waals surface area contributed by atoms with E-state index >= 15 is 0 Å². The van der Waals surface area contributed by atoms with Crippen molar-refractivity contribution in [3.63, 3.8) is 0 Å². The van der Waals surface area contributed by atoms with Crippen molar-refractivity contribution in [3.8, 4) is 0 Å². The molecule has 0 aliphatic rings. The number of thioether (sulfide) groups is 1. The summed E-state index contributed by atoms with van der Waals surface area (Å²) in [6.45, 7) is 3.14. The van der Waals surface area contributed by atoms with Gasteiger partial charge < -0.3 is 9.26 Å². The van der Waals surface area contributed by atoms with Crippen molar-refractivity contribution in [1.29, 1.82) is 0 Å². The third-order valence-electron chi connectivity index (χ3n) is 3.30. The van der Waals surface area contributed by atoms with E-state index in [4.69, 9.17) is 9.26 Å². The summed E-state index contributed by atoms with van der Waals surface area (Å²) >= 11 is 1.34. The molecule has 0 saturated heterocycles. The number of benzene rings is 1. The van der Waals surface area contributed by atoms with Gasteiger partial charge in [-0.25, -0.2) is 0 Å². The Balaban J connectivity index is 1.67. The molecule has 1 aromatic heterocycles. The fourth-order valence-electron chi connectivity index (χ4n) is 1.96. The fraction of sp³-hybridized carbons (Fsp3) is 0.294. The van der Waals surface area contributed by atoms with Crippen LogP contribution in [0, 0.1) is 13.8 Å². The molecule has 0 aliphatic carbocycles. The molecule has 2 rings (SSSR count). The van der Waals surface area contributed by atoms with Gasteiger partial charge in [0.05, 0.1) is 11.4 Å². The first-order chi connectivity index (χ1) is 12.0. The van der Waals surface area contributed by atoms with Gasteiger partial charge in [-0.05, 0) is 26.0 Å². The monoisotopic (exact) mass is 362 g/mol. The standard InChI is InChI=1S/C17H18N2O5S/c1-11-14(12(2)24-19-11)9-25-10-16(21)23-8-15(20)18-17(22)13-6-4-3-5-7-13/h3-7H,8-10H2,1-2H3,(H,18,20,22). The molecule has 25 heavy (non-hydrogen) atoms. The smallest absolute Gasteiger partial charge is 0.316 e. The maximum absolute atomic E-state index is 11.8. The van der Waals surface area contributed by atoms with Crippen molar-refractivity contribution in [2.24, 2.45) is 0 Å². The molecule has 1 N–H and O–H groups in total. The molecule has 0 saturated carbocycles. The van der Waals surface area contributed by atoms with Crippen molar-refractivity contribution >= 4 is 29.5 Å². The van der Waals surface area contributed by atoms with Gasteiger partial charge in [-0.3, -0.25) is 19.7 Å². The minimum absolute atomic E-state index is 0.0873. The summed E-state index contributed by atoms with van der Waals surface area (Å²) in [5.41, 5.74) is 2.10. The highest BCUT2D eigenvalue weighted by molar-refractivity contribution is 7.99. The first-order valence-corrected chi connectivity index (χ1v) is 8.67. The molecule has 1 aromatic carbocycles. The average molecular weight is 362 g/mol. The van der Waals surface area contributed by atoms with Crippen LogP contribution in [0.25, 0.3) is 0 Å². The Hall–Kier alpha value is -2.61. The number of imide groups is 1. The first kappa shape index (κ1) is 18.7. The maximum atomic E-state index is 11.8. The van der Waals surface area contributed by atoms with Crippen LogP contribution in [0.1, 0.15) is 27.4 Å². The third-order valence-corrected chi connectivity index (χ3v) is 4.23. The molecular formula is C17H18N2O5S. The Labute approximate surface area is 149 Å². The molecule has 0 unspecified atom stereocenters. The number of nitrogens with one attached hydrogen (secondary N) is 1. The highest BCUT2D eigenvalue weighted by Crippen LogP contribution is 2.19. The second-order valence-electron chi connectivity index (χ2n) is 5.20. The minimum Gasteiger partial charge on any atom is -0.455 e. The van der Waals surface area contributed by atoms with E-state index in [2.05, 4.69) is 10.5 Å². The van der Waals surface area contributed by atoms with E-state index in [0.29, 0.717) is 11.3 Å². The molecule has 7 nitrogen and oxygen atoms in total. The van der Waals surface area contributed by atoms with Gasteiger partial charge in [-0.2, -0.15) is 0 Å². The molecule has 8 heteroatoms. The molecule has 1 heterocycles. The van der Waals surface area contributed by atoms with E-state index in [1.54, 1.807) is 30.3 Å². The van der Waals surface area contributed by atoms with E-state index in [9.17, 15) is 14.4 Å². The summed E-state index contributed by atoms with van der Waals surface area (Å²) in [5, 5.41) is 6.00. The maximum Gasteiger partial charge on any atom is 0.316 e. The van der Waals surface area contributed by atoms with Crippen LogP contribution in [0.3, 0.4) is 0 Å². The largest absolute Gasteiger partial charge is 0.455 e. The number of nitrogens with zero attached hydrogens (tertiary/aromatic N) is 1. The molecule has 2 amide bonds. The van der Waals surface area contributed by atoms with Crippen LogP contribution < -0.4 is 5.32 Å². The quantitative estimate of drug-likeness (QED) is 0.752. The second-order valence-corrected chi connectivity index (χ2v) is 6.19. The molecule has 0 bridgehead atoms. The van der Waals surface area contributed by atoms with Crippen molar-refractivity contribution in [3.05, 3.63) is 52.9 Å². The van der Waals surface area contributed by atoms with Crippen molar-refractivity contribution in [1.82, 2.24) is 10.5 Å². The number of ether oxygens (including phenoxy) is 1. The predicted molar refractivity (Wildman–Crippen MR) is 92.0 cm³/mol. The molecule has 132 valence electrons. The van der Waals surface area contributed by atoms with Crippen LogP contribution in [0.4, 0.5) is 0 Å². The van der Waals surface area contributed by atoms with Crippen molar-refractivity contribution in [2.45, 2.75) is 19.6 Å². The molecule has 0 spiro atoms. The molecular weight excluding hydrogens is 344 g/mol. The lowest BCUT2D eigenvalue weighted by atomic mass is 10.2. The van der Waals surface area contributed by atoms with Crippen LogP contribution in [-0.2, 0) is 20.1 Å². The van der Waals surface area contributed by atoms with E-state index in [1.165, 1.54) is 11.8 Å². The summed E-state index contributed by atoms with van der Waals surface area (Å²) in [7, 11) is 0. The van der Waals surface area contributed by atoms with Crippen molar-refractivity contribution in [2.75, 3.05) is 12.4 Å². The number of carbonyl (C=O) groups is 3. The predicted octanol–water partition coefficient (Wildman–Crippen LogP) is 2.02. The van der Waals surface area contributed by atoms with Gasteiger partial charge in [-0.1, -0.05) is 23.4 Å². The number of rotatable bonds is 7. The van der Waals surface area contributed by atoms with Crippen molar-refractivity contribution < 1.29 is 23.6 Å². The lowest BCUT2D eigenvalue weighted by Crippen LogP contribution is -2.34. The lowest BCUT2D eigenvalue weighted by Gasteiger charge is -2.06. The highest BCUT2D eigenvalue weighted by atomic mass is 32.2. The second kappa shape index (κ2) is 9.03. The van der Waals surface area contributed by atoms with Gasteiger partial charge >= 0.3 is 5.97 Å². The van der Waals surface area contributed by atoms with Gasteiger partial charge in [0.1, 0.15) is 5.76 Å².